The third kappa shape index (κ3) is 3.04. The molecule has 18 heavy (non-hydrogen) atoms. The maximum Gasteiger partial charge on any atom is 0.146 e. The quantitative estimate of drug-likeness (QED) is 0.863. The lowest BCUT2D eigenvalue weighted by Gasteiger charge is -2.07. The molecule has 0 bridgehead atoms. The summed E-state index contributed by atoms with van der Waals surface area (Å²) in [4.78, 5) is 0. The Kier molecular flexibility index (Phi) is 4.27. The van der Waals surface area contributed by atoms with Gasteiger partial charge in [-0.25, -0.2) is 4.39 Å². The molecule has 0 amide bonds. The summed E-state index contributed by atoms with van der Waals surface area (Å²) in [5.41, 5.74) is 6.34. The van der Waals surface area contributed by atoms with Crippen LogP contribution < -0.4 is 10.5 Å². The monoisotopic (exact) mass is 333 g/mol. The Hall–Kier alpha value is -1.04. The molecule has 0 atom stereocenters. The summed E-state index contributed by atoms with van der Waals surface area (Å²) in [6.07, 6.45) is 1.57. The van der Waals surface area contributed by atoms with Crippen LogP contribution in [0.1, 0.15) is 11.3 Å². The second kappa shape index (κ2) is 5.73. The first kappa shape index (κ1) is 13.4. The fourth-order valence-electron chi connectivity index (χ4n) is 1.37. The van der Waals surface area contributed by atoms with Crippen molar-refractivity contribution in [2.45, 2.75) is 13.2 Å². The Balaban J connectivity index is 2.08. The topological polar surface area (TPSA) is 48.4 Å². The van der Waals surface area contributed by atoms with E-state index in [4.69, 9.17) is 26.5 Å². The number of nitrogens with two attached hydrogens (primary N) is 1. The van der Waals surface area contributed by atoms with Gasteiger partial charge in [0.25, 0.3) is 0 Å². The van der Waals surface area contributed by atoms with Crippen LogP contribution in [0.3, 0.4) is 0 Å². The van der Waals surface area contributed by atoms with Crippen LogP contribution in [0.5, 0.6) is 5.75 Å². The summed E-state index contributed by atoms with van der Waals surface area (Å²) in [6, 6.07) is 4.46. The first-order chi connectivity index (χ1) is 8.60. The van der Waals surface area contributed by atoms with Gasteiger partial charge in [-0.05, 0) is 28.1 Å². The minimum atomic E-state index is -0.531. The van der Waals surface area contributed by atoms with E-state index in [1.165, 1.54) is 12.1 Å². The number of hydrogen-bond donors (Lipinski definition) is 1. The van der Waals surface area contributed by atoms with E-state index >= 15 is 0 Å². The number of rotatable bonds is 4. The van der Waals surface area contributed by atoms with Crippen molar-refractivity contribution in [3.05, 3.63) is 51.1 Å². The van der Waals surface area contributed by atoms with Gasteiger partial charge in [0.2, 0.25) is 0 Å². The van der Waals surface area contributed by atoms with E-state index < -0.39 is 5.82 Å². The highest BCUT2D eigenvalue weighted by Gasteiger charge is 2.09. The summed E-state index contributed by atoms with van der Waals surface area (Å²) in [6.45, 7) is 0.600. The molecule has 0 aliphatic carbocycles. The van der Waals surface area contributed by atoms with Crippen molar-refractivity contribution in [2.75, 3.05) is 0 Å². The van der Waals surface area contributed by atoms with E-state index in [0.717, 1.165) is 5.56 Å². The van der Waals surface area contributed by atoms with Crippen molar-refractivity contribution < 1.29 is 13.5 Å². The molecule has 0 saturated carbocycles. The number of halogens is 3. The Morgan fingerprint density at radius 1 is 1.39 bits per heavy atom. The van der Waals surface area contributed by atoms with Crippen LogP contribution in [-0.4, -0.2) is 0 Å². The lowest BCUT2D eigenvalue weighted by atomic mass is 10.3. The third-order valence-corrected chi connectivity index (χ3v) is 3.20. The van der Waals surface area contributed by atoms with E-state index in [0.29, 0.717) is 22.5 Å². The second-order valence-corrected chi connectivity index (χ2v) is 4.87. The first-order valence-electron chi connectivity index (χ1n) is 5.14. The highest BCUT2D eigenvalue weighted by atomic mass is 79.9. The maximum atomic E-state index is 13.3. The number of furan rings is 1. The highest BCUT2D eigenvalue weighted by molar-refractivity contribution is 9.10. The molecule has 2 aromatic rings. The van der Waals surface area contributed by atoms with Crippen LogP contribution in [-0.2, 0) is 13.2 Å². The molecular formula is C12H10BrClFNO2. The Morgan fingerprint density at radius 2 is 2.17 bits per heavy atom. The maximum absolute atomic E-state index is 13.3. The zero-order valence-electron chi connectivity index (χ0n) is 9.25. The van der Waals surface area contributed by atoms with Crippen molar-refractivity contribution in [1.82, 2.24) is 0 Å². The van der Waals surface area contributed by atoms with Crippen molar-refractivity contribution >= 4 is 27.5 Å². The van der Waals surface area contributed by atoms with Crippen LogP contribution in [0.2, 0.25) is 5.02 Å². The van der Waals surface area contributed by atoms with Gasteiger partial charge < -0.3 is 14.9 Å². The molecule has 0 saturated heterocycles. The van der Waals surface area contributed by atoms with Crippen LogP contribution in [0.15, 0.2) is 33.4 Å². The predicted octanol–water partition coefficient (Wildman–Crippen LogP) is 3.87. The smallest absolute Gasteiger partial charge is 0.146 e. The SMILES string of the molecule is NCc1coc(COc2cc(F)c(Cl)cc2Br)c1. The Morgan fingerprint density at radius 3 is 2.83 bits per heavy atom. The van der Waals surface area contributed by atoms with Gasteiger partial charge in [0.05, 0.1) is 15.8 Å². The summed E-state index contributed by atoms with van der Waals surface area (Å²) < 4.78 is 24.5. The van der Waals surface area contributed by atoms with E-state index in [9.17, 15) is 4.39 Å². The fourth-order valence-corrected chi connectivity index (χ4v) is 2.13. The van der Waals surface area contributed by atoms with Gasteiger partial charge >= 0.3 is 0 Å². The molecule has 1 aromatic heterocycles. The minimum absolute atomic E-state index is 0.0395. The van der Waals surface area contributed by atoms with Gasteiger partial charge in [0, 0.05) is 18.2 Å². The van der Waals surface area contributed by atoms with Crippen molar-refractivity contribution in [2.24, 2.45) is 5.73 Å². The number of benzene rings is 1. The summed E-state index contributed by atoms with van der Waals surface area (Å²) in [5, 5.41) is 0.0395. The minimum Gasteiger partial charge on any atom is -0.484 e. The highest BCUT2D eigenvalue weighted by Crippen LogP contribution is 2.31. The molecule has 0 aliphatic rings. The zero-order chi connectivity index (χ0) is 13.1. The molecule has 0 fully saturated rings. The van der Waals surface area contributed by atoms with Gasteiger partial charge in [0.15, 0.2) is 0 Å². The van der Waals surface area contributed by atoms with Gasteiger partial charge in [-0.1, -0.05) is 11.6 Å². The second-order valence-electron chi connectivity index (χ2n) is 3.61. The standard InChI is InChI=1S/C12H10BrClFNO2/c13-9-2-10(14)11(15)3-12(9)18-6-8-1-7(4-16)5-17-8/h1-3,5H,4,6,16H2. The summed E-state index contributed by atoms with van der Waals surface area (Å²) in [7, 11) is 0. The molecule has 1 aromatic carbocycles. The fraction of sp³-hybridized carbons (Fsp3) is 0.167. The van der Waals surface area contributed by atoms with E-state index in [2.05, 4.69) is 15.9 Å². The molecule has 2 rings (SSSR count). The van der Waals surface area contributed by atoms with Crippen LogP contribution in [0.4, 0.5) is 4.39 Å². The number of ether oxygens (including phenoxy) is 1. The van der Waals surface area contributed by atoms with Gasteiger partial charge in [-0.3, -0.25) is 0 Å². The molecule has 2 N–H and O–H groups in total. The molecule has 0 aliphatic heterocycles. The average molecular weight is 335 g/mol. The Labute approximate surface area is 117 Å². The molecule has 0 spiro atoms. The molecule has 1 heterocycles. The summed E-state index contributed by atoms with van der Waals surface area (Å²) >= 11 is 8.88. The van der Waals surface area contributed by atoms with E-state index in [1.807, 2.05) is 0 Å². The van der Waals surface area contributed by atoms with Gasteiger partial charge in [-0.15, -0.1) is 0 Å². The van der Waals surface area contributed by atoms with Crippen LogP contribution in [0, 0.1) is 5.82 Å². The molecule has 0 unspecified atom stereocenters. The molecular weight excluding hydrogens is 324 g/mol. The number of hydrogen-bond acceptors (Lipinski definition) is 3. The van der Waals surface area contributed by atoms with Crippen molar-refractivity contribution in [3.63, 3.8) is 0 Å². The average Bonchev–Trinajstić information content (AvgIpc) is 2.80. The molecule has 6 heteroatoms. The molecule has 3 nitrogen and oxygen atoms in total. The lowest BCUT2D eigenvalue weighted by molar-refractivity contribution is 0.267. The summed E-state index contributed by atoms with van der Waals surface area (Å²) in [5.74, 6) is 0.456. The van der Waals surface area contributed by atoms with Crippen LogP contribution >= 0.6 is 27.5 Å². The van der Waals surface area contributed by atoms with Crippen molar-refractivity contribution in [1.29, 1.82) is 0 Å². The van der Waals surface area contributed by atoms with Crippen molar-refractivity contribution in [3.8, 4) is 5.75 Å². The molecule has 96 valence electrons. The molecule has 0 radical (unpaired) electrons. The largest absolute Gasteiger partial charge is 0.484 e. The first-order valence-corrected chi connectivity index (χ1v) is 6.31. The van der Waals surface area contributed by atoms with E-state index in [1.54, 1.807) is 12.3 Å². The third-order valence-electron chi connectivity index (χ3n) is 2.29. The van der Waals surface area contributed by atoms with Gasteiger partial charge in [-0.2, -0.15) is 0 Å². The predicted molar refractivity (Wildman–Crippen MR) is 70.0 cm³/mol. The van der Waals surface area contributed by atoms with Gasteiger partial charge in [0.1, 0.15) is 23.9 Å². The van der Waals surface area contributed by atoms with Crippen LogP contribution in [0.25, 0.3) is 0 Å². The van der Waals surface area contributed by atoms with E-state index in [-0.39, 0.29) is 11.6 Å². The lowest BCUT2D eigenvalue weighted by Crippen LogP contribution is -1.96. The Bertz CT molecular complexity index is 559. The normalized spacial score (nSPS) is 10.7. The zero-order valence-corrected chi connectivity index (χ0v) is 11.6.